The minimum atomic E-state index is -0.182. The van der Waals surface area contributed by atoms with Gasteiger partial charge in [0.15, 0.2) is 0 Å². The number of fused-ring (bicyclic) bond motifs is 1. The van der Waals surface area contributed by atoms with Crippen LogP contribution in [0.1, 0.15) is 23.3 Å². The summed E-state index contributed by atoms with van der Waals surface area (Å²) in [6.45, 7) is 1.31. The third-order valence-corrected chi connectivity index (χ3v) is 4.42. The Balaban J connectivity index is 1.43. The Hall–Kier alpha value is -2.99. The molecule has 1 aliphatic heterocycles. The molecule has 6 heteroatoms. The van der Waals surface area contributed by atoms with Crippen molar-refractivity contribution in [1.29, 1.82) is 0 Å². The standard InChI is InChI=1S/C20H20N4O2/c25-20(23-13-16-6-3-11-26-16)18-9-8-15(12-22-18)24-17-7-1-4-14-5-2-10-21-19(14)17/h1-2,4-5,7-10,12,16,24H,3,6,11,13H2,(H,23,25). The second-order valence-electron chi connectivity index (χ2n) is 6.28. The van der Waals surface area contributed by atoms with Gasteiger partial charge in [0.1, 0.15) is 5.69 Å². The number of carbonyl (C=O) groups excluding carboxylic acids is 1. The van der Waals surface area contributed by atoms with E-state index in [-0.39, 0.29) is 12.0 Å². The van der Waals surface area contributed by atoms with Crippen molar-refractivity contribution >= 4 is 28.2 Å². The number of para-hydroxylation sites is 1. The molecule has 6 nitrogen and oxygen atoms in total. The lowest BCUT2D eigenvalue weighted by molar-refractivity contribution is 0.0854. The smallest absolute Gasteiger partial charge is 0.269 e. The van der Waals surface area contributed by atoms with Crippen molar-refractivity contribution in [2.45, 2.75) is 18.9 Å². The number of carbonyl (C=O) groups is 1. The quantitative estimate of drug-likeness (QED) is 0.740. The summed E-state index contributed by atoms with van der Waals surface area (Å²) < 4.78 is 5.51. The molecule has 1 unspecified atom stereocenters. The number of aromatic nitrogens is 2. The first-order valence-corrected chi connectivity index (χ1v) is 8.76. The number of pyridine rings is 2. The largest absolute Gasteiger partial charge is 0.376 e. The van der Waals surface area contributed by atoms with Crippen molar-refractivity contribution in [3.05, 3.63) is 60.6 Å². The van der Waals surface area contributed by atoms with Crippen LogP contribution in [0.25, 0.3) is 10.9 Å². The maximum atomic E-state index is 12.2. The summed E-state index contributed by atoms with van der Waals surface area (Å²) in [4.78, 5) is 20.9. The van der Waals surface area contributed by atoms with Crippen LogP contribution in [0.15, 0.2) is 54.9 Å². The number of hydrogen-bond donors (Lipinski definition) is 2. The topological polar surface area (TPSA) is 76.1 Å². The Morgan fingerprint density at radius 3 is 2.88 bits per heavy atom. The second-order valence-corrected chi connectivity index (χ2v) is 6.28. The van der Waals surface area contributed by atoms with E-state index in [4.69, 9.17) is 4.74 Å². The molecule has 1 aliphatic rings. The van der Waals surface area contributed by atoms with Gasteiger partial charge in [-0.3, -0.25) is 9.78 Å². The highest BCUT2D eigenvalue weighted by Gasteiger charge is 2.17. The summed E-state index contributed by atoms with van der Waals surface area (Å²) in [7, 11) is 0. The van der Waals surface area contributed by atoms with Crippen molar-refractivity contribution in [3.63, 3.8) is 0 Å². The number of nitrogens with one attached hydrogen (secondary N) is 2. The van der Waals surface area contributed by atoms with Gasteiger partial charge in [-0.2, -0.15) is 0 Å². The monoisotopic (exact) mass is 348 g/mol. The number of hydrogen-bond acceptors (Lipinski definition) is 5. The molecule has 1 atom stereocenters. The highest BCUT2D eigenvalue weighted by Crippen LogP contribution is 2.24. The fourth-order valence-electron chi connectivity index (χ4n) is 3.07. The third-order valence-electron chi connectivity index (χ3n) is 4.42. The number of ether oxygens (including phenoxy) is 1. The van der Waals surface area contributed by atoms with E-state index in [1.165, 1.54) is 0 Å². The molecular formula is C20H20N4O2. The molecule has 0 spiro atoms. The van der Waals surface area contributed by atoms with Gasteiger partial charge in [0, 0.05) is 24.7 Å². The summed E-state index contributed by atoms with van der Waals surface area (Å²) in [5, 5.41) is 7.26. The van der Waals surface area contributed by atoms with Gasteiger partial charge in [-0.15, -0.1) is 0 Å². The fraction of sp³-hybridized carbons (Fsp3) is 0.250. The molecule has 0 aliphatic carbocycles. The van der Waals surface area contributed by atoms with Crippen LogP contribution in [-0.2, 0) is 4.74 Å². The summed E-state index contributed by atoms with van der Waals surface area (Å²) in [6, 6.07) is 13.5. The predicted molar refractivity (Wildman–Crippen MR) is 101 cm³/mol. The van der Waals surface area contributed by atoms with Gasteiger partial charge < -0.3 is 15.4 Å². The van der Waals surface area contributed by atoms with Gasteiger partial charge in [0.2, 0.25) is 0 Å². The van der Waals surface area contributed by atoms with Crippen LogP contribution >= 0.6 is 0 Å². The Labute approximate surface area is 151 Å². The summed E-state index contributed by atoms with van der Waals surface area (Å²) in [5.74, 6) is -0.182. The van der Waals surface area contributed by atoms with Crippen molar-refractivity contribution < 1.29 is 9.53 Å². The molecule has 132 valence electrons. The van der Waals surface area contributed by atoms with E-state index in [0.29, 0.717) is 12.2 Å². The van der Waals surface area contributed by atoms with E-state index in [9.17, 15) is 4.79 Å². The maximum Gasteiger partial charge on any atom is 0.269 e. The lowest BCUT2D eigenvalue weighted by Gasteiger charge is -2.11. The lowest BCUT2D eigenvalue weighted by Crippen LogP contribution is -2.32. The van der Waals surface area contributed by atoms with Gasteiger partial charge in [0.05, 0.1) is 29.2 Å². The van der Waals surface area contributed by atoms with Gasteiger partial charge >= 0.3 is 0 Å². The van der Waals surface area contributed by atoms with Crippen LogP contribution in [0, 0.1) is 0 Å². The SMILES string of the molecule is O=C(NCC1CCCO1)c1ccc(Nc2cccc3cccnc23)cn1. The Kier molecular flexibility index (Phi) is 4.75. The summed E-state index contributed by atoms with van der Waals surface area (Å²) in [6.07, 6.45) is 5.60. The zero-order valence-corrected chi connectivity index (χ0v) is 14.3. The molecule has 0 bridgehead atoms. The normalized spacial score (nSPS) is 16.5. The molecule has 3 heterocycles. The molecule has 1 aromatic carbocycles. The van der Waals surface area contributed by atoms with Crippen LogP contribution in [-0.4, -0.2) is 35.1 Å². The van der Waals surface area contributed by atoms with Gasteiger partial charge in [0.25, 0.3) is 5.91 Å². The van der Waals surface area contributed by atoms with E-state index in [1.54, 1.807) is 18.5 Å². The van der Waals surface area contributed by atoms with Crippen LogP contribution in [0.5, 0.6) is 0 Å². The fourth-order valence-corrected chi connectivity index (χ4v) is 3.07. The first kappa shape index (κ1) is 16.5. The number of nitrogens with zero attached hydrogens (tertiary/aromatic N) is 2. The van der Waals surface area contributed by atoms with E-state index in [1.807, 2.05) is 36.4 Å². The van der Waals surface area contributed by atoms with E-state index in [2.05, 4.69) is 20.6 Å². The molecule has 2 N–H and O–H groups in total. The van der Waals surface area contributed by atoms with E-state index in [0.717, 1.165) is 41.7 Å². The summed E-state index contributed by atoms with van der Waals surface area (Å²) in [5.41, 5.74) is 3.00. The number of rotatable bonds is 5. The summed E-state index contributed by atoms with van der Waals surface area (Å²) >= 11 is 0. The van der Waals surface area contributed by atoms with E-state index >= 15 is 0 Å². The average molecular weight is 348 g/mol. The minimum absolute atomic E-state index is 0.124. The molecular weight excluding hydrogens is 328 g/mol. The van der Waals surface area contributed by atoms with Crippen molar-refractivity contribution in [1.82, 2.24) is 15.3 Å². The molecule has 0 saturated carbocycles. The molecule has 4 rings (SSSR count). The average Bonchev–Trinajstić information content (AvgIpc) is 3.21. The van der Waals surface area contributed by atoms with Gasteiger partial charge in [-0.1, -0.05) is 18.2 Å². The molecule has 26 heavy (non-hydrogen) atoms. The van der Waals surface area contributed by atoms with Crippen LogP contribution in [0.3, 0.4) is 0 Å². The number of benzene rings is 1. The van der Waals surface area contributed by atoms with Gasteiger partial charge in [-0.05, 0) is 37.1 Å². The Morgan fingerprint density at radius 1 is 1.15 bits per heavy atom. The first-order chi connectivity index (χ1) is 12.8. The Bertz CT molecular complexity index is 900. The highest BCUT2D eigenvalue weighted by molar-refractivity contribution is 5.93. The molecule has 1 saturated heterocycles. The van der Waals surface area contributed by atoms with E-state index < -0.39 is 0 Å². The number of anilines is 2. The zero-order chi connectivity index (χ0) is 17.8. The van der Waals surface area contributed by atoms with Crippen LogP contribution in [0.4, 0.5) is 11.4 Å². The van der Waals surface area contributed by atoms with Crippen molar-refractivity contribution in [2.75, 3.05) is 18.5 Å². The third kappa shape index (κ3) is 3.65. The van der Waals surface area contributed by atoms with Crippen LogP contribution in [0.2, 0.25) is 0 Å². The lowest BCUT2D eigenvalue weighted by atomic mass is 10.2. The van der Waals surface area contributed by atoms with Crippen molar-refractivity contribution in [3.8, 4) is 0 Å². The first-order valence-electron chi connectivity index (χ1n) is 8.76. The highest BCUT2D eigenvalue weighted by atomic mass is 16.5. The van der Waals surface area contributed by atoms with Gasteiger partial charge in [-0.25, -0.2) is 4.98 Å². The molecule has 1 amide bonds. The molecule has 0 radical (unpaired) electrons. The zero-order valence-electron chi connectivity index (χ0n) is 14.3. The molecule has 1 fully saturated rings. The molecule has 3 aromatic rings. The predicted octanol–water partition coefficient (Wildman–Crippen LogP) is 3.28. The number of amides is 1. The Morgan fingerprint density at radius 2 is 2.08 bits per heavy atom. The van der Waals surface area contributed by atoms with Crippen LogP contribution < -0.4 is 10.6 Å². The second kappa shape index (κ2) is 7.49. The molecule has 2 aromatic heterocycles. The minimum Gasteiger partial charge on any atom is -0.376 e. The maximum absolute atomic E-state index is 12.2. The van der Waals surface area contributed by atoms with Crippen molar-refractivity contribution in [2.24, 2.45) is 0 Å².